The van der Waals surface area contributed by atoms with E-state index < -0.39 is 0 Å². The fourth-order valence-corrected chi connectivity index (χ4v) is 3.27. The van der Waals surface area contributed by atoms with E-state index in [9.17, 15) is 0 Å². The Bertz CT molecular complexity index is 326. The number of halogens is 1. The minimum atomic E-state index is 0.585. The summed E-state index contributed by atoms with van der Waals surface area (Å²) in [7, 11) is 2.17. The Balaban J connectivity index is 1.95. The molecule has 1 aliphatic heterocycles. The molecule has 82 valence electrons. The Hall–Kier alpha value is -0.250. The maximum atomic E-state index is 5.85. The first-order valence-electron chi connectivity index (χ1n) is 5.15. The van der Waals surface area contributed by atoms with Gasteiger partial charge in [0.15, 0.2) is 0 Å². The summed E-state index contributed by atoms with van der Waals surface area (Å²) in [5.74, 6) is 2.54. The number of hydrogen-bond donors (Lipinski definition) is 0. The van der Waals surface area contributed by atoms with E-state index in [-0.39, 0.29) is 0 Å². The smallest absolute Gasteiger partial charge is 0.129 e. The number of thioether (sulfide) groups is 1. The van der Waals surface area contributed by atoms with Gasteiger partial charge in [0.25, 0.3) is 0 Å². The van der Waals surface area contributed by atoms with Crippen LogP contribution in [0.15, 0.2) is 18.2 Å². The van der Waals surface area contributed by atoms with E-state index in [0.29, 0.717) is 11.2 Å². The first-order valence-corrected chi connectivity index (χ1v) is 6.68. The highest BCUT2D eigenvalue weighted by atomic mass is 35.5. The van der Waals surface area contributed by atoms with Gasteiger partial charge in [0.05, 0.1) is 5.69 Å². The van der Waals surface area contributed by atoms with Gasteiger partial charge < -0.3 is 0 Å². The Kier molecular flexibility index (Phi) is 3.89. The average Bonchev–Trinajstić information content (AvgIpc) is 2.70. The molecule has 1 unspecified atom stereocenters. The molecule has 2 rings (SSSR count). The third kappa shape index (κ3) is 3.10. The van der Waals surface area contributed by atoms with Gasteiger partial charge in [-0.15, -0.1) is 0 Å². The van der Waals surface area contributed by atoms with E-state index in [2.05, 4.69) is 16.9 Å². The van der Waals surface area contributed by atoms with Crippen molar-refractivity contribution in [2.75, 3.05) is 18.6 Å². The first kappa shape index (κ1) is 11.2. The van der Waals surface area contributed by atoms with Gasteiger partial charge in [-0.3, -0.25) is 4.90 Å². The second-order valence-electron chi connectivity index (χ2n) is 3.88. The highest BCUT2D eigenvalue weighted by Gasteiger charge is 2.20. The summed E-state index contributed by atoms with van der Waals surface area (Å²) in [6.45, 7) is 0.895. The molecule has 1 fully saturated rings. The molecule has 1 aromatic rings. The van der Waals surface area contributed by atoms with Crippen molar-refractivity contribution < 1.29 is 0 Å². The lowest BCUT2D eigenvalue weighted by atomic mass is 10.2. The second-order valence-corrected chi connectivity index (χ2v) is 5.42. The first-order chi connectivity index (χ1) is 7.25. The number of hydrogen-bond acceptors (Lipinski definition) is 3. The average molecular weight is 243 g/mol. The van der Waals surface area contributed by atoms with Crippen LogP contribution in [0.5, 0.6) is 0 Å². The molecule has 0 N–H and O–H groups in total. The third-order valence-corrected chi connectivity index (χ3v) is 4.07. The van der Waals surface area contributed by atoms with Crippen LogP contribution in [0.25, 0.3) is 0 Å². The van der Waals surface area contributed by atoms with E-state index in [1.54, 1.807) is 0 Å². The summed E-state index contributed by atoms with van der Waals surface area (Å²) in [6.07, 6.45) is 1.29. The molecule has 0 aromatic carbocycles. The van der Waals surface area contributed by atoms with E-state index in [0.717, 1.165) is 12.2 Å². The molecule has 15 heavy (non-hydrogen) atoms. The topological polar surface area (TPSA) is 16.1 Å². The fourth-order valence-electron chi connectivity index (χ4n) is 1.79. The van der Waals surface area contributed by atoms with Crippen LogP contribution in [-0.4, -0.2) is 34.5 Å². The molecule has 1 aromatic heterocycles. The van der Waals surface area contributed by atoms with Gasteiger partial charge in [-0.25, -0.2) is 4.98 Å². The van der Waals surface area contributed by atoms with Gasteiger partial charge in [0.2, 0.25) is 0 Å². The predicted molar refractivity (Wildman–Crippen MR) is 66.4 cm³/mol. The Labute approximate surface area is 100 Å². The molecule has 1 atom stereocenters. The van der Waals surface area contributed by atoms with Crippen LogP contribution in [0.2, 0.25) is 5.15 Å². The highest BCUT2D eigenvalue weighted by Crippen LogP contribution is 2.22. The maximum Gasteiger partial charge on any atom is 0.129 e. The van der Waals surface area contributed by atoms with E-state index in [4.69, 9.17) is 11.6 Å². The van der Waals surface area contributed by atoms with Crippen molar-refractivity contribution in [1.82, 2.24) is 9.88 Å². The Morgan fingerprint density at radius 1 is 1.60 bits per heavy atom. The number of rotatable bonds is 3. The molecule has 1 saturated heterocycles. The van der Waals surface area contributed by atoms with Gasteiger partial charge in [-0.1, -0.05) is 17.7 Å². The minimum Gasteiger partial charge on any atom is -0.297 e. The van der Waals surface area contributed by atoms with E-state index >= 15 is 0 Å². The van der Waals surface area contributed by atoms with Crippen molar-refractivity contribution >= 4 is 23.4 Å². The second kappa shape index (κ2) is 5.19. The lowest BCUT2D eigenvalue weighted by Crippen LogP contribution is -2.31. The van der Waals surface area contributed by atoms with Gasteiger partial charge in [0.1, 0.15) is 5.15 Å². The standard InChI is InChI=1S/C11H15ClN2S/c1-14(10-5-6-15-8-10)7-9-3-2-4-11(12)13-9/h2-4,10H,5-8H2,1H3. The van der Waals surface area contributed by atoms with Crippen molar-refractivity contribution in [2.45, 2.75) is 19.0 Å². The molecule has 0 spiro atoms. The van der Waals surface area contributed by atoms with Crippen molar-refractivity contribution in [3.8, 4) is 0 Å². The molecule has 0 aliphatic carbocycles. The Morgan fingerprint density at radius 2 is 2.47 bits per heavy atom. The molecule has 4 heteroatoms. The van der Waals surface area contributed by atoms with Crippen LogP contribution in [-0.2, 0) is 6.54 Å². The third-order valence-electron chi connectivity index (χ3n) is 2.71. The van der Waals surface area contributed by atoms with Crippen molar-refractivity contribution in [3.05, 3.63) is 29.0 Å². The summed E-state index contributed by atoms with van der Waals surface area (Å²) in [6, 6.07) is 6.51. The lowest BCUT2D eigenvalue weighted by molar-refractivity contribution is 0.251. The van der Waals surface area contributed by atoms with Gasteiger partial charge >= 0.3 is 0 Å². The molecule has 0 radical (unpaired) electrons. The minimum absolute atomic E-state index is 0.585. The van der Waals surface area contributed by atoms with Gasteiger partial charge in [-0.2, -0.15) is 11.8 Å². The van der Waals surface area contributed by atoms with Crippen molar-refractivity contribution in [2.24, 2.45) is 0 Å². The molecular formula is C11H15ClN2S. The van der Waals surface area contributed by atoms with Crippen molar-refractivity contribution in [1.29, 1.82) is 0 Å². The van der Waals surface area contributed by atoms with Crippen LogP contribution < -0.4 is 0 Å². The zero-order valence-corrected chi connectivity index (χ0v) is 10.4. The monoisotopic (exact) mass is 242 g/mol. The zero-order valence-electron chi connectivity index (χ0n) is 8.82. The summed E-state index contributed by atoms with van der Waals surface area (Å²) in [5, 5.41) is 0.585. The molecule has 2 nitrogen and oxygen atoms in total. The van der Waals surface area contributed by atoms with Crippen LogP contribution in [0, 0.1) is 0 Å². The Morgan fingerprint density at radius 3 is 3.13 bits per heavy atom. The van der Waals surface area contributed by atoms with Crippen molar-refractivity contribution in [3.63, 3.8) is 0 Å². The molecule has 2 heterocycles. The molecule has 0 saturated carbocycles. The SMILES string of the molecule is CN(Cc1cccc(Cl)n1)C1CCSC1. The lowest BCUT2D eigenvalue weighted by Gasteiger charge is -2.22. The quantitative estimate of drug-likeness (QED) is 0.759. The molecule has 1 aliphatic rings. The van der Waals surface area contributed by atoms with Crippen LogP contribution in [0.3, 0.4) is 0 Å². The van der Waals surface area contributed by atoms with E-state index in [1.807, 2.05) is 30.0 Å². The largest absolute Gasteiger partial charge is 0.297 e. The molecule has 0 bridgehead atoms. The molecule has 0 amide bonds. The normalized spacial score (nSPS) is 21.1. The maximum absolute atomic E-state index is 5.85. The zero-order chi connectivity index (χ0) is 10.7. The number of nitrogens with zero attached hydrogens (tertiary/aromatic N) is 2. The summed E-state index contributed by atoms with van der Waals surface area (Å²) >= 11 is 7.89. The molecular weight excluding hydrogens is 228 g/mol. The van der Waals surface area contributed by atoms with Crippen LogP contribution in [0.1, 0.15) is 12.1 Å². The summed E-state index contributed by atoms with van der Waals surface area (Å²) in [4.78, 5) is 6.68. The fraction of sp³-hybridized carbons (Fsp3) is 0.545. The number of pyridine rings is 1. The van der Waals surface area contributed by atoms with Gasteiger partial charge in [-0.05, 0) is 31.4 Å². The summed E-state index contributed by atoms with van der Waals surface area (Å²) in [5.41, 5.74) is 1.06. The van der Waals surface area contributed by atoms with E-state index in [1.165, 1.54) is 17.9 Å². The van der Waals surface area contributed by atoms with Crippen LogP contribution in [0.4, 0.5) is 0 Å². The highest BCUT2D eigenvalue weighted by molar-refractivity contribution is 7.99. The van der Waals surface area contributed by atoms with Crippen LogP contribution >= 0.6 is 23.4 Å². The predicted octanol–water partition coefficient (Wildman–Crippen LogP) is 2.67. The number of aromatic nitrogens is 1. The summed E-state index contributed by atoms with van der Waals surface area (Å²) < 4.78 is 0. The van der Waals surface area contributed by atoms with Gasteiger partial charge in [0, 0.05) is 18.3 Å².